The van der Waals surface area contributed by atoms with Gasteiger partial charge in [-0.25, -0.2) is 4.39 Å². The molecule has 1 N–H and O–H groups in total. The number of nitrogens with zero attached hydrogens (tertiary/aromatic N) is 1. The Bertz CT molecular complexity index is 382. The average molecular weight is 234 g/mol. The molecule has 1 atom stereocenters. The van der Waals surface area contributed by atoms with Gasteiger partial charge in [0, 0.05) is 19.6 Å². The molecule has 1 aromatic carbocycles. The molecule has 2 aliphatic heterocycles. The Balaban J connectivity index is 1.62. The van der Waals surface area contributed by atoms with E-state index in [2.05, 4.69) is 10.2 Å². The van der Waals surface area contributed by atoms with E-state index in [1.165, 1.54) is 44.6 Å². The van der Waals surface area contributed by atoms with Crippen molar-refractivity contribution in [3.8, 4) is 0 Å². The second-order valence-corrected chi connectivity index (χ2v) is 5.51. The minimum atomic E-state index is -0.147. The third kappa shape index (κ3) is 2.35. The van der Waals surface area contributed by atoms with Crippen LogP contribution in [-0.4, -0.2) is 31.1 Å². The van der Waals surface area contributed by atoms with Gasteiger partial charge in [-0.1, -0.05) is 12.1 Å². The minimum Gasteiger partial charge on any atom is -0.316 e. The molecular weight excluding hydrogens is 215 g/mol. The van der Waals surface area contributed by atoms with Crippen molar-refractivity contribution >= 4 is 0 Å². The average Bonchev–Trinajstić information content (AvgIpc) is 2.94. The Hall–Kier alpha value is -0.930. The molecular formula is C14H19FN2. The van der Waals surface area contributed by atoms with E-state index >= 15 is 0 Å². The fourth-order valence-corrected chi connectivity index (χ4v) is 3.15. The molecule has 2 fully saturated rings. The van der Waals surface area contributed by atoms with Crippen LogP contribution in [0.1, 0.15) is 18.4 Å². The van der Waals surface area contributed by atoms with E-state index in [4.69, 9.17) is 0 Å². The van der Waals surface area contributed by atoms with Crippen molar-refractivity contribution in [2.45, 2.75) is 19.4 Å². The van der Waals surface area contributed by atoms with E-state index in [9.17, 15) is 4.39 Å². The number of hydrogen-bond acceptors (Lipinski definition) is 2. The van der Waals surface area contributed by atoms with Crippen LogP contribution in [0, 0.1) is 11.2 Å². The maximum Gasteiger partial charge on any atom is 0.123 e. The SMILES string of the molecule is Fc1ccc(CN2CCC3(CCNC3)C2)cc1. The van der Waals surface area contributed by atoms with Crippen LogP contribution >= 0.6 is 0 Å². The Labute approximate surface area is 102 Å². The zero-order valence-electron chi connectivity index (χ0n) is 10.1. The van der Waals surface area contributed by atoms with Gasteiger partial charge in [-0.2, -0.15) is 0 Å². The lowest BCUT2D eigenvalue weighted by atomic mass is 9.87. The summed E-state index contributed by atoms with van der Waals surface area (Å²) in [4.78, 5) is 2.50. The van der Waals surface area contributed by atoms with E-state index in [0.717, 1.165) is 6.54 Å². The predicted molar refractivity (Wildman–Crippen MR) is 66.2 cm³/mol. The Kier molecular flexibility index (Phi) is 2.89. The quantitative estimate of drug-likeness (QED) is 0.842. The molecule has 1 aromatic rings. The van der Waals surface area contributed by atoms with Crippen molar-refractivity contribution in [1.82, 2.24) is 10.2 Å². The number of nitrogens with one attached hydrogen (secondary N) is 1. The van der Waals surface area contributed by atoms with Crippen LogP contribution in [0.25, 0.3) is 0 Å². The molecule has 2 saturated heterocycles. The standard InChI is InChI=1S/C14H19FN2/c15-13-3-1-12(2-4-13)9-17-8-6-14(11-17)5-7-16-10-14/h1-4,16H,5-11H2. The highest BCUT2D eigenvalue weighted by Crippen LogP contribution is 2.36. The first-order chi connectivity index (χ1) is 8.26. The molecule has 0 radical (unpaired) electrons. The third-order valence-electron chi connectivity index (χ3n) is 4.17. The van der Waals surface area contributed by atoms with Crippen LogP contribution in [0.4, 0.5) is 4.39 Å². The van der Waals surface area contributed by atoms with E-state index in [1.807, 2.05) is 12.1 Å². The van der Waals surface area contributed by atoms with Crippen molar-refractivity contribution in [2.75, 3.05) is 26.2 Å². The minimum absolute atomic E-state index is 0.147. The fraction of sp³-hybridized carbons (Fsp3) is 0.571. The molecule has 2 nitrogen and oxygen atoms in total. The summed E-state index contributed by atoms with van der Waals surface area (Å²) < 4.78 is 12.8. The van der Waals surface area contributed by atoms with Crippen LogP contribution in [0.2, 0.25) is 0 Å². The third-order valence-corrected chi connectivity index (χ3v) is 4.17. The summed E-state index contributed by atoms with van der Waals surface area (Å²) in [5, 5.41) is 3.47. The van der Waals surface area contributed by atoms with Crippen LogP contribution in [0.15, 0.2) is 24.3 Å². The van der Waals surface area contributed by atoms with E-state index in [-0.39, 0.29) is 5.82 Å². The first kappa shape index (κ1) is 11.2. The van der Waals surface area contributed by atoms with E-state index in [1.54, 1.807) is 12.1 Å². The molecule has 3 heteroatoms. The molecule has 0 aromatic heterocycles. The predicted octanol–water partition coefficient (Wildman–Crippen LogP) is 2.01. The van der Waals surface area contributed by atoms with Gasteiger partial charge in [0.15, 0.2) is 0 Å². The molecule has 2 aliphatic rings. The normalized spacial score (nSPS) is 29.2. The second-order valence-electron chi connectivity index (χ2n) is 5.51. The number of benzene rings is 1. The van der Waals surface area contributed by atoms with Gasteiger partial charge in [-0.3, -0.25) is 4.90 Å². The zero-order valence-corrected chi connectivity index (χ0v) is 10.1. The van der Waals surface area contributed by atoms with Gasteiger partial charge in [0.1, 0.15) is 5.82 Å². The van der Waals surface area contributed by atoms with Crippen molar-refractivity contribution in [3.63, 3.8) is 0 Å². The summed E-state index contributed by atoms with van der Waals surface area (Å²) in [6.45, 7) is 5.68. The Morgan fingerprint density at radius 1 is 1.24 bits per heavy atom. The van der Waals surface area contributed by atoms with Crippen molar-refractivity contribution < 1.29 is 4.39 Å². The summed E-state index contributed by atoms with van der Waals surface area (Å²) in [6, 6.07) is 6.90. The lowest BCUT2D eigenvalue weighted by molar-refractivity contribution is 0.268. The molecule has 1 spiro atoms. The van der Waals surface area contributed by atoms with Gasteiger partial charge in [0.25, 0.3) is 0 Å². The molecule has 3 rings (SSSR count). The highest BCUT2D eigenvalue weighted by molar-refractivity contribution is 5.16. The van der Waals surface area contributed by atoms with Crippen LogP contribution in [-0.2, 0) is 6.54 Å². The number of rotatable bonds is 2. The topological polar surface area (TPSA) is 15.3 Å². The lowest BCUT2D eigenvalue weighted by Crippen LogP contribution is -2.28. The van der Waals surface area contributed by atoms with Gasteiger partial charge < -0.3 is 5.32 Å². The highest BCUT2D eigenvalue weighted by atomic mass is 19.1. The number of hydrogen-bond donors (Lipinski definition) is 1. The molecule has 17 heavy (non-hydrogen) atoms. The van der Waals surface area contributed by atoms with Crippen LogP contribution < -0.4 is 5.32 Å². The summed E-state index contributed by atoms with van der Waals surface area (Å²) in [7, 11) is 0. The first-order valence-electron chi connectivity index (χ1n) is 6.43. The zero-order chi connectivity index (χ0) is 11.7. The highest BCUT2D eigenvalue weighted by Gasteiger charge is 2.39. The van der Waals surface area contributed by atoms with Gasteiger partial charge in [0.2, 0.25) is 0 Å². The van der Waals surface area contributed by atoms with Crippen molar-refractivity contribution in [1.29, 1.82) is 0 Å². The van der Waals surface area contributed by atoms with Gasteiger partial charge in [-0.15, -0.1) is 0 Å². The molecule has 92 valence electrons. The molecule has 0 amide bonds. The Morgan fingerprint density at radius 3 is 2.76 bits per heavy atom. The summed E-state index contributed by atoms with van der Waals surface area (Å²) in [5.41, 5.74) is 1.74. The number of likely N-dealkylation sites (tertiary alicyclic amines) is 1. The molecule has 2 heterocycles. The summed E-state index contributed by atoms with van der Waals surface area (Å²) in [6.07, 6.45) is 2.62. The van der Waals surface area contributed by atoms with Crippen molar-refractivity contribution in [3.05, 3.63) is 35.6 Å². The molecule has 0 bridgehead atoms. The van der Waals surface area contributed by atoms with E-state index < -0.39 is 0 Å². The smallest absolute Gasteiger partial charge is 0.123 e. The number of halogens is 1. The second kappa shape index (κ2) is 4.39. The molecule has 0 aliphatic carbocycles. The van der Waals surface area contributed by atoms with Crippen LogP contribution in [0.3, 0.4) is 0 Å². The van der Waals surface area contributed by atoms with Gasteiger partial charge in [-0.05, 0) is 49.0 Å². The molecule has 1 unspecified atom stereocenters. The largest absolute Gasteiger partial charge is 0.316 e. The molecule has 0 saturated carbocycles. The summed E-state index contributed by atoms with van der Waals surface area (Å²) in [5.74, 6) is -0.147. The first-order valence-corrected chi connectivity index (χ1v) is 6.43. The fourth-order valence-electron chi connectivity index (χ4n) is 3.15. The van der Waals surface area contributed by atoms with Gasteiger partial charge >= 0.3 is 0 Å². The van der Waals surface area contributed by atoms with Crippen LogP contribution in [0.5, 0.6) is 0 Å². The Morgan fingerprint density at radius 2 is 2.06 bits per heavy atom. The van der Waals surface area contributed by atoms with E-state index in [0.29, 0.717) is 5.41 Å². The maximum atomic E-state index is 12.8. The monoisotopic (exact) mass is 234 g/mol. The maximum absolute atomic E-state index is 12.8. The van der Waals surface area contributed by atoms with Gasteiger partial charge in [0.05, 0.1) is 0 Å². The lowest BCUT2D eigenvalue weighted by Gasteiger charge is -2.22. The van der Waals surface area contributed by atoms with Crippen molar-refractivity contribution in [2.24, 2.45) is 5.41 Å². The summed E-state index contributed by atoms with van der Waals surface area (Å²) >= 11 is 0.